The van der Waals surface area contributed by atoms with Gasteiger partial charge in [0.15, 0.2) is 0 Å². The summed E-state index contributed by atoms with van der Waals surface area (Å²) in [6.45, 7) is 9.43. The first kappa shape index (κ1) is 23.8. The summed E-state index contributed by atoms with van der Waals surface area (Å²) < 4.78 is 0. The molecule has 2 aromatic heterocycles. The molecule has 0 amide bonds. The second-order valence-electron chi connectivity index (χ2n) is 6.96. The van der Waals surface area contributed by atoms with Gasteiger partial charge in [-0.3, -0.25) is 0 Å². The van der Waals surface area contributed by atoms with E-state index in [0.29, 0.717) is 6.42 Å². The first-order valence-corrected chi connectivity index (χ1v) is 10.5. The predicted octanol–water partition coefficient (Wildman–Crippen LogP) is 4.79. The molecule has 5 nitrogen and oxygen atoms in total. The number of aromatic nitrogens is 2. The van der Waals surface area contributed by atoms with Crippen molar-refractivity contribution >= 4 is 52.7 Å². The smallest absolute Gasteiger partial charge is 0.137 e. The lowest BCUT2D eigenvalue weighted by Gasteiger charge is -2.35. The van der Waals surface area contributed by atoms with Crippen LogP contribution >= 0.6 is 36.2 Å². The summed E-state index contributed by atoms with van der Waals surface area (Å²) in [5.41, 5.74) is 0.939. The number of hydrogen-bond acceptors (Lipinski definition) is 6. The van der Waals surface area contributed by atoms with E-state index in [0.717, 1.165) is 54.1 Å². The molecular weight excluding hydrogens is 427 g/mol. The predicted molar refractivity (Wildman–Crippen MR) is 127 cm³/mol. The number of aliphatic hydroxyl groups is 1. The minimum atomic E-state index is -0.495. The number of piperazine rings is 1. The Morgan fingerprint density at radius 3 is 2.52 bits per heavy atom. The van der Waals surface area contributed by atoms with Gasteiger partial charge in [0.1, 0.15) is 16.9 Å². The average molecular weight is 455 g/mol. The fraction of sp³-hybridized carbons (Fsp3) is 0.429. The third-order valence-corrected chi connectivity index (χ3v) is 6.41. The number of pyridine rings is 1. The summed E-state index contributed by atoms with van der Waals surface area (Å²) in [6.07, 6.45) is 2.02. The fourth-order valence-corrected chi connectivity index (χ4v) is 4.51. The van der Waals surface area contributed by atoms with Crippen LogP contribution in [0.5, 0.6) is 0 Å². The van der Waals surface area contributed by atoms with Gasteiger partial charge < -0.3 is 14.9 Å². The Labute approximate surface area is 188 Å². The molecule has 0 spiro atoms. The summed E-state index contributed by atoms with van der Waals surface area (Å²) in [7, 11) is 0. The van der Waals surface area contributed by atoms with Crippen molar-refractivity contribution in [2.75, 3.05) is 37.6 Å². The van der Waals surface area contributed by atoms with Gasteiger partial charge in [0.05, 0.1) is 10.6 Å². The van der Waals surface area contributed by atoms with Crippen LogP contribution in [-0.4, -0.2) is 52.7 Å². The highest BCUT2D eigenvalue weighted by Gasteiger charge is 2.20. The highest BCUT2D eigenvalue weighted by molar-refractivity contribution is 7.15. The van der Waals surface area contributed by atoms with Gasteiger partial charge >= 0.3 is 0 Å². The topological polar surface area (TPSA) is 52.5 Å². The lowest BCUT2D eigenvalue weighted by Crippen LogP contribution is -2.46. The number of halogens is 2. The van der Waals surface area contributed by atoms with Crippen molar-refractivity contribution < 1.29 is 5.11 Å². The molecule has 8 heteroatoms. The Morgan fingerprint density at radius 2 is 1.83 bits per heavy atom. The van der Waals surface area contributed by atoms with E-state index in [1.165, 1.54) is 22.1 Å². The SMILES string of the molecule is CCC(O)c1ncc(-c2cc3ccccc3c(N3CCN(CC)CC3)n2)s1.Cl.Cl. The molecule has 158 valence electrons. The van der Waals surface area contributed by atoms with Crippen molar-refractivity contribution in [1.29, 1.82) is 0 Å². The zero-order valence-corrected chi connectivity index (χ0v) is 19.2. The van der Waals surface area contributed by atoms with Crippen molar-refractivity contribution in [3.63, 3.8) is 0 Å². The van der Waals surface area contributed by atoms with E-state index < -0.39 is 6.10 Å². The van der Waals surface area contributed by atoms with Gasteiger partial charge in [0.25, 0.3) is 0 Å². The second kappa shape index (κ2) is 10.5. The molecule has 1 aromatic carbocycles. The number of aliphatic hydroxyl groups excluding tert-OH is 1. The molecule has 0 aliphatic carbocycles. The lowest BCUT2D eigenvalue weighted by molar-refractivity contribution is 0.173. The molecule has 1 atom stereocenters. The molecule has 3 aromatic rings. The average Bonchev–Trinajstić information content (AvgIpc) is 3.23. The molecule has 1 fully saturated rings. The largest absolute Gasteiger partial charge is 0.386 e. The number of benzene rings is 1. The van der Waals surface area contributed by atoms with Crippen LogP contribution in [0.25, 0.3) is 21.3 Å². The van der Waals surface area contributed by atoms with Crippen molar-refractivity contribution in [2.45, 2.75) is 26.4 Å². The summed E-state index contributed by atoms with van der Waals surface area (Å²) >= 11 is 1.54. The Bertz CT molecular complexity index is 928. The molecule has 1 aliphatic heterocycles. The molecule has 1 unspecified atom stereocenters. The van der Waals surface area contributed by atoms with Crippen LogP contribution in [0.1, 0.15) is 31.4 Å². The van der Waals surface area contributed by atoms with Crippen LogP contribution in [0.4, 0.5) is 5.82 Å². The Hall–Kier alpha value is -1.44. The van der Waals surface area contributed by atoms with Crippen molar-refractivity contribution in [2.24, 2.45) is 0 Å². The number of thiazole rings is 1. The van der Waals surface area contributed by atoms with Gasteiger partial charge in [-0.25, -0.2) is 9.97 Å². The second-order valence-corrected chi connectivity index (χ2v) is 8.02. The maximum absolute atomic E-state index is 10.1. The fourth-order valence-electron chi connectivity index (χ4n) is 3.56. The first-order chi connectivity index (χ1) is 13.2. The van der Waals surface area contributed by atoms with Gasteiger partial charge in [0.2, 0.25) is 0 Å². The molecule has 0 saturated carbocycles. The van der Waals surface area contributed by atoms with E-state index in [2.05, 4.69) is 52.0 Å². The van der Waals surface area contributed by atoms with E-state index in [-0.39, 0.29) is 24.8 Å². The maximum atomic E-state index is 10.1. The molecule has 4 rings (SSSR count). The summed E-state index contributed by atoms with van der Waals surface area (Å²) in [4.78, 5) is 15.3. The molecule has 1 aliphatic rings. The van der Waals surface area contributed by atoms with Crippen LogP contribution in [-0.2, 0) is 0 Å². The minimum absolute atomic E-state index is 0. The number of likely N-dealkylation sites (N-methyl/N-ethyl adjacent to an activating group) is 1. The van der Waals surface area contributed by atoms with Crippen LogP contribution in [0.3, 0.4) is 0 Å². The molecular formula is C21H28Cl2N4OS. The summed E-state index contributed by atoms with van der Waals surface area (Å²) in [5.74, 6) is 1.06. The molecule has 29 heavy (non-hydrogen) atoms. The van der Waals surface area contributed by atoms with Gasteiger partial charge in [-0.2, -0.15) is 0 Å². The molecule has 0 bridgehead atoms. The van der Waals surface area contributed by atoms with Gasteiger partial charge in [-0.15, -0.1) is 36.2 Å². The number of rotatable bonds is 5. The Balaban J connectivity index is 0.00000150. The number of fused-ring (bicyclic) bond motifs is 1. The molecule has 1 saturated heterocycles. The summed E-state index contributed by atoms with van der Waals surface area (Å²) in [6, 6.07) is 10.6. The highest BCUT2D eigenvalue weighted by atomic mass is 35.5. The van der Waals surface area contributed by atoms with Crippen molar-refractivity contribution in [3.05, 3.63) is 41.5 Å². The van der Waals surface area contributed by atoms with E-state index >= 15 is 0 Å². The van der Waals surface area contributed by atoms with E-state index in [9.17, 15) is 5.11 Å². The number of anilines is 1. The standard InChI is InChI=1S/C21H26N4OS.2ClH/c1-3-18(26)21-22-14-19(27-21)17-13-15-7-5-6-8-16(15)20(23-17)25-11-9-24(4-2)10-12-25;;/h5-8,13-14,18,26H,3-4,9-12H2,1-2H3;2*1H. The molecule has 1 N–H and O–H groups in total. The van der Waals surface area contributed by atoms with Crippen molar-refractivity contribution in [1.82, 2.24) is 14.9 Å². The van der Waals surface area contributed by atoms with Crippen LogP contribution in [0.2, 0.25) is 0 Å². The Morgan fingerprint density at radius 1 is 1.10 bits per heavy atom. The maximum Gasteiger partial charge on any atom is 0.137 e. The quantitative estimate of drug-likeness (QED) is 0.600. The molecule has 0 radical (unpaired) electrons. The minimum Gasteiger partial charge on any atom is -0.386 e. The van der Waals surface area contributed by atoms with Crippen LogP contribution in [0, 0.1) is 0 Å². The monoisotopic (exact) mass is 454 g/mol. The normalized spacial score (nSPS) is 15.6. The van der Waals surface area contributed by atoms with E-state index in [1.807, 2.05) is 13.1 Å². The third kappa shape index (κ3) is 5.01. The lowest BCUT2D eigenvalue weighted by atomic mass is 10.1. The zero-order chi connectivity index (χ0) is 18.8. The number of hydrogen-bond donors (Lipinski definition) is 1. The van der Waals surface area contributed by atoms with Gasteiger partial charge in [-0.1, -0.05) is 38.1 Å². The first-order valence-electron chi connectivity index (χ1n) is 9.70. The highest BCUT2D eigenvalue weighted by Crippen LogP contribution is 2.34. The summed E-state index contributed by atoms with van der Waals surface area (Å²) in [5, 5.41) is 13.2. The zero-order valence-electron chi connectivity index (χ0n) is 16.7. The third-order valence-electron chi connectivity index (χ3n) is 5.29. The molecule has 3 heterocycles. The van der Waals surface area contributed by atoms with Crippen LogP contribution < -0.4 is 4.90 Å². The Kier molecular flexibility index (Phi) is 8.67. The van der Waals surface area contributed by atoms with E-state index in [1.54, 1.807) is 0 Å². The van der Waals surface area contributed by atoms with Crippen molar-refractivity contribution in [3.8, 4) is 10.6 Å². The number of nitrogens with zero attached hydrogens (tertiary/aromatic N) is 4. The van der Waals surface area contributed by atoms with Gasteiger partial charge in [0, 0.05) is 37.8 Å². The van der Waals surface area contributed by atoms with Gasteiger partial charge in [-0.05, 0) is 24.4 Å². The van der Waals surface area contributed by atoms with Crippen LogP contribution in [0.15, 0.2) is 36.5 Å². The van der Waals surface area contributed by atoms with E-state index in [4.69, 9.17) is 4.98 Å².